The fourth-order valence-corrected chi connectivity index (χ4v) is 3.48. The van der Waals surface area contributed by atoms with Crippen LogP contribution in [0.15, 0.2) is 30.5 Å². The highest BCUT2D eigenvalue weighted by atomic mass is 32.2. The van der Waals surface area contributed by atoms with Gasteiger partial charge in [0.25, 0.3) is 0 Å². The predicted molar refractivity (Wildman–Crippen MR) is 84.8 cm³/mol. The fourth-order valence-electron chi connectivity index (χ4n) is 2.04. The van der Waals surface area contributed by atoms with Crippen molar-refractivity contribution in [2.75, 3.05) is 9.62 Å². The number of benzene rings is 1. The van der Waals surface area contributed by atoms with Crippen LogP contribution in [0.3, 0.4) is 0 Å². The summed E-state index contributed by atoms with van der Waals surface area (Å²) in [6.45, 7) is 0. The normalized spacial score (nSPS) is 15.3. The SMILES string of the molecule is NC(=O)N(c1ccc(NS(=O)[O-])cc1)c1ncc(C2CC2)s1. The van der Waals surface area contributed by atoms with E-state index in [-0.39, 0.29) is 0 Å². The highest BCUT2D eigenvalue weighted by molar-refractivity contribution is 7.80. The molecule has 116 valence electrons. The second-order valence-corrected chi connectivity index (χ2v) is 6.59. The summed E-state index contributed by atoms with van der Waals surface area (Å²) in [5.41, 5.74) is 6.40. The molecule has 3 N–H and O–H groups in total. The Balaban J connectivity index is 1.86. The van der Waals surface area contributed by atoms with Gasteiger partial charge in [-0.3, -0.25) is 4.21 Å². The number of nitrogens with two attached hydrogens (primary N) is 1. The third-order valence-corrected chi connectivity index (χ3v) is 4.78. The predicted octanol–water partition coefficient (Wildman–Crippen LogP) is 2.44. The first kappa shape index (κ1) is 14.9. The van der Waals surface area contributed by atoms with Crippen molar-refractivity contribution >= 4 is 45.1 Å². The van der Waals surface area contributed by atoms with E-state index in [2.05, 4.69) is 9.71 Å². The summed E-state index contributed by atoms with van der Waals surface area (Å²) in [5, 5.41) is 0.516. The number of nitrogens with one attached hydrogen (secondary N) is 1. The zero-order valence-electron chi connectivity index (χ0n) is 11.4. The van der Waals surface area contributed by atoms with Crippen LogP contribution >= 0.6 is 11.3 Å². The summed E-state index contributed by atoms with van der Waals surface area (Å²) in [5.74, 6) is 0.555. The summed E-state index contributed by atoms with van der Waals surface area (Å²) in [6.07, 6.45) is 4.10. The molecule has 1 saturated carbocycles. The molecule has 3 rings (SSSR count). The second kappa shape index (κ2) is 6.03. The molecule has 1 unspecified atom stereocenters. The molecule has 1 aliphatic rings. The average molecular weight is 337 g/mol. The Bertz CT molecular complexity index is 712. The lowest BCUT2D eigenvalue weighted by molar-refractivity contribution is 0.256. The van der Waals surface area contributed by atoms with Crippen molar-refractivity contribution in [2.24, 2.45) is 5.73 Å². The van der Waals surface area contributed by atoms with Crippen molar-refractivity contribution < 1.29 is 13.6 Å². The Morgan fingerprint density at radius 3 is 2.64 bits per heavy atom. The summed E-state index contributed by atoms with van der Waals surface area (Å²) in [6, 6.07) is 5.69. The van der Waals surface area contributed by atoms with Crippen LogP contribution in [0.5, 0.6) is 0 Å². The van der Waals surface area contributed by atoms with E-state index in [0.717, 1.165) is 17.7 Å². The van der Waals surface area contributed by atoms with E-state index in [1.807, 2.05) is 0 Å². The quantitative estimate of drug-likeness (QED) is 0.816. The first-order valence-corrected chi connectivity index (χ1v) is 8.45. The van der Waals surface area contributed by atoms with Gasteiger partial charge in [-0.05, 0) is 43.0 Å². The van der Waals surface area contributed by atoms with Crippen LogP contribution in [-0.4, -0.2) is 19.8 Å². The zero-order chi connectivity index (χ0) is 15.7. The number of urea groups is 1. The molecular formula is C13H13N4O3S2-. The molecule has 1 aliphatic carbocycles. The number of hydrogen-bond acceptors (Lipinski definition) is 5. The van der Waals surface area contributed by atoms with Gasteiger partial charge in [0.15, 0.2) is 5.13 Å². The molecule has 9 heteroatoms. The topological polar surface area (TPSA) is 111 Å². The molecule has 0 bridgehead atoms. The molecule has 1 heterocycles. The van der Waals surface area contributed by atoms with Crippen molar-refractivity contribution in [3.8, 4) is 0 Å². The summed E-state index contributed by atoms with van der Waals surface area (Å²) in [4.78, 5) is 18.5. The van der Waals surface area contributed by atoms with E-state index >= 15 is 0 Å². The number of carbonyl (C=O) groups is 1. The molecule has 7 nitrogen and oxygen atoms in total. The molecule has 0 saturated heterocycles. The molecular weight excluding hydrogens is 324 g/mol. The average Bonchev–Trinajstić information content (AvgIpc) is 3.20. The fraction of sp³-hybridized carbons (Fsp3) is 0.231. The summed E-state index contributed by atoms with van der Waals surface area (Å²) < 4.78 is 23.4. The van der Waals surface area contributed by atoms with Crippen molar-refractivity contribution in [2.45, 2.75) is 18.8 Å². The smallest absolute Gasteiger partial charge is 0.325 e. The van der Waals surface area contributed by atoms with Gasteiger partial charge in [-0.1, -0.05) is 0 Å². The highest BCUT2D eigenvalue weighted by Crippen LogP contribution is 2.44. The number of amides is 2. The van der Waals surface area contributed by atoms with Crippen LogP contribution in [-0.2, 0) is 11.3 Å². The Labute approximate surface area is 133 Å². The largest absolute Gasteiger partial charge is 0.755 e. The van der Waals surface area contributed by atoms with Crippen LogP contribution < -0.4 is 15.4 Å². The lowest BCUT2D eigenvalue weighted by Crippen LogP contribution is -2.31. The van der Waals surface area contributed by atoms with Crippen LogP contribution in [0.2, 0.25) is 0 Å². The molecule has 0 spiro atoms. The van der Waals surface area contributed by atoms with Gasteiger partial charge in [0, 0.05) is 28.0 Å². The molecule has 1 aromatic carbocycles. The van der Waals surface area contributed by atoms with Gasteiger partial charge < -0.3 is 15.0 Å². The maximum atomic E-state index is 11.8. The molecule has 0 radical (unpaired) electrons. The standard InChI is InChI=1S/C13H14N4O3S2/c14-12(18)17(13-15-7-11(21-13)8-1-2-8)10-5-3-9(4-6-10)16-22(19)20/h3-8,16H,1-2H2,(H2,14,18)(H,19,20)/p-1. The van der Waals surface area contributed by atoms with Crippen LogP contribution in [0, 0.1) is 0 Å². The van der Waals surface area contributed by atoms with Gasteiger partial charge in [-0.15, -0.1) is 11.3 Å². The van der Waals surface area contributed by atoms with Gasteiger partial charge >= 0.3 is 6.03 Å². The Morgan fingerprint density at radius 1 is 1.41 bits per heavy atom. The molecule has 22 heavy (non-hydrogen) atoms. The highest BCUT2D eigenvalue weighted by Gasteiger charge is 2.27. The van der Waals surface area contributed by atoms with Crippen molar-refractivity contribution in [1.82, 2.24) is 4.98 Å². The minimum Gasteiger partial charge on any atom is -0.755 e. The van der Waals surface area contributed by atoms with E-state index in [4.69, 9.17) is 5.73 Å². The minimum atomic E-state index is -2.39. The number of primary amides is 1. The van der Waals surface area contributed by atoms with Gasteiger partial charge in [0.2, 0.25) is 0 Å². The van der Waals surface area contributed by atoms with E-state index < -0.39 is 17.3 Å². The molecule has 1 atom stereocenters. The van der Waals surface area contributed by atoms with E-state index in [9.17, 15) is 13.6 Å². The van der Waals surface area contributed by atoms with E-state index in [1.165, 1.54) is 16.2 Å². The monoisotopic (exact) mass is 337 g/mol. The number of hydrogen-bond donors (Lipinski definition) is 2. The molecule has 2 aromatic rings. The van der Waals surface area contributed by atoms with Gasteiger partial charge in [0.05, 0.1) is 5.69 Å². The number of anilines is 3. The third-order valence-electron chi connectivity index (χ3n) is 3.23. The van der Waals surface area contributed by atoms with E-state index in [1.54, 1.807) is 30.5 Å². The summed E-state index contributed by atoms with van der Waals surface area (Å²) in [7, 11) is 0. The maximum Gasteiger partial charge on any atom is 0.325 e. The first-order valence-electron chi connectivity index (χ1n) is 6.56. The molecule has 1 fully saturated rings. The number of rotatable bonds is 5. The van der Waals surface area contributed by atoms with Gasteiger partial charge in [-0.25, -0.2) is 14.7 Å². The Kier molecular flexibility index (Phi) is 4.10. The van der Waals surface area contributed by atoms with Gasteiger partial charge in [0.1, 0.15) is 0 Å². The lowest BCUT2D eigenvalue weighted by Gasteiger charge is -2.18. The van der Waals surface area contributed by atoms with Crippen LogP contribution in [0.1, 0.15) is 23.6 Å². The summed E-state index contributed by atoms with van der Waals surface area (Å²) >= 11 is -0.940. The number of nitrogens with zero attached hydrogens (tertiary/aromatic N) is 2. The molecule has 1 aromatic heterocycles. The molecule has 0 aliphatic heterocycles. The van der Waals surface area contributed by atoms with Crippen LogP contribution in [0.25, 0.3) is 0 Å². The van der Waals surface area contributed by atoms with Crippen molar-refractivity contribution in [3.63, 3.8) is 0 Å². The lowest BCUT2D eigenvalue weighted by atomic mass is 10.3. The molecule has 2 amide bonds. The zero-order valence-corrected chi connectivity index (χ0v) is 13.0. The Morgan fingerprint density at radius 2 is 2.09 bits per heavy atom. The van der Waals surface area contributed by atoms with Crippen LogP contribution in [0.4, 0.5) is 21.3 Å². The maximum absolute atomic E-state index is 11.8. The number of carbonyl (C=O) groups excluding carboxylic acids is 1. The van der Waals surface area contributed by atoms with Gasteiger partial charge in [-0.2, -0.15) is 0 Å². The first-order chi connectivity index (χ1) is 10.5. The minimum absolute atomic E-state index is 0.402. The van der Waals surface area contributed by atoms with Crippen molar-refractivity contribution in [3.05, 3.63) is 35.3 Å². The number of thiazole rings is 1. The number of aromatic nitrogens is 1. The third kappa shape index (κ3) is 3.26. The second-order valence-electron chi connectivity index (χ2n) is 4.88. The van der Waals surface area contributed by atoms with Crippen molar-refractivity contribution in [1.29, 1.82) is 0 Å². The Hall–Kier alpha value is -1.97. The van der Waals surface area contributed by atoms with E-state index in [0.29, 0.717) is 22.4 Å².